The van der Waals surface area contributed by atoms with E-state index >= 15 is 0 Å². The number of Topliss-reactive ketones (excluding diaryl/α,β-unsaturated/α-hetero) is 1. The van der Waals surface area contributed by atoms with Gasteiger partial charge < -0.3 is 10.2 Å². The highest BCUT2D eigenvalue weighted by atomic mass is 35.5. The number of aliphatic carboxylic acids is 1. The van der Waals surface area contributed by atoms with E-state index < -0.39 is 5.97 Å². The van der Waals surface area contributed by atoms with Gasteiger partial charge in [0.25, 0.3) is 0 Å². The molecule has 1 aliphatic carbocycles. The van der Waals surface area contributed by atoms with Crippen molar-refractivity contribution in [2.45, 2.75) is 24.0 Å². The van der Waals surface area contributed by atoms with Gasteiger partial charge in [-0.1, -0.05) is 11.6 Å². The van der Waals surface area contributed by atoms with Crippen LogP contribution in [0, 0.1) is 0 Å². The Bertz CT molecular complexity index is 921. The first kappa shape index (κ1) is 18.0. The molecule has 0 amide bonds. The SMILES string of the molecule is CSc1ccc(C(=O)C2=C(O)C(Cl)=C3C(=NC(C)=C3CC(=O)O)C2)s1. The maximum atomic E-state index is 12.8. The summed E-state index contributed by atoms with van der Waals surface area (Å²) in [5.74, 6) is -1.58. The molecule has 0 radical (unpaired) electrons. The van der Waals surface area contributed by atoms with Gasteiger partial charge in [-0.15, -0.1) is 23.1 Å². The topological polar surface area (TPSA) is 87.0 Å². The van der Waals surface area contributed by atoms with Gasteiger partial charge in [-0.25, -0.2) is 0 Å². The zero-order chi connectivity index (χ0) is 18.3. The summed E-state index contributed by atoms with van der Waals surface area (Å²) in [4.78, 5) is 28.7. The summed E-state index contributed by atoms with van der Waals surface area (Å²) in [6.45, 7) is 1.70. The summed E-state index contributed by atoms with van der Waals surface area (Å²) in [7, 11) is 0. The number of carbonyl (C=O) groups excluding carboxylic acids is 1. The first-order chi connectivity index (χ1) is 11.8. The smallest absolute Gasteiger partial charge is 0.307 e. The van der Waals surface area contributed by atoms with E-state index in [1.54, 1.807) is 24.8 Å². The van der Waals surface area contributed by atoms with Crippen LogP contribution in [0.1, 0.15) is 29.4 Å². The van der Waals surface area contributed by atoms with Crippen molar-refractivity contribution in [1.82, 2.24) is 0 Å². The van der Waals surface area contributed by atoms with E-state index in [0.717, 1.165) is 4.21 Å². The number of hydrogen-bond donors (Lipinski definition) is 2. The van der Waals surface area contributed by atoms with Crippen LogP contribution in [0.5, 0.6) is 0 Å². The molecule has 5 nitrogen and oxygen atoms in total. The molecule has 2 aliphatic rings. The summed E-state index contributed by atoms with van der Waals surface area (Å²) >= 11 is 9.18. The van der Waals surface area contributed by atoms with E-state index in [0.29, 0.717) is 27.4 Å². The Hall–Kier alpha value is -1.83. The predicted octanol–water partition coefficient (Wildman–Crippen LogP) is 4.56. The molecule has 2 N–H and O–H groups in total. The van der Waals surface area contributed by atoms with Crippen molar-refractivity contribution in [3.8, 4) is 0 Å². The molecular weight excluding hydrogens is 382 g/mol. The summed E-state index contributed by atoms with van der Waals surface area (Å²) < 4.78 is 1.00. The largest absolute Gasteiger partial charge is 0.506 e. The van der Waals surface area contributed by atoms with Gasteiger partial charge in [-0.3, -0.25) is 14.6 Å². The lowest BCUT2D eigenvalue weighted by molar-refractivity contribution is -0.136. The molecule has 0 fully saturated rings. The average molecular weight is 396 g/mol. The van der Waals surface area contributed by atoms with Crippen molar-refractivity contribution in [3.63, 3.8) is 0 Å². The lowest BCUT2D eigenvalue weighted by Crippen LogP contribution is -2.18. The fraction of sp³-hybridized carbons (Fsp3) is 0.235. The van der Waals surface area contributed by atoms with E-state index in [-0.39, 0.29) is 35.0 Å². The maximum absolute atomic E-state index is 12.8. The van der Waals surface area contributed by atoms with Crippen LogP contribution in [-0.2, 0) is 4.79 Å². The molecule has 1 aromatic rings. The van der Waals surface area contributed by atoms with Crippen LogP contribution in [0.15, 0.2) is 54.5 Å². The van der Waals surface area contributed by atoms with Crippen LogP contribution in [0.4, 0.5) is 0 Å². The molecule has 2 heterocycles. The number of carbonyl (C=O) groups is 2. The Morgan fingerprint density at radius 2 is 2.12 bits per heavy atom. The van der Waals surface area contributed by atoms with Crippen LogP contribution >= 0.6 is 34.7 Å². The zero-order valence-electron chi connectivity index (χ0n) is 13.4. The first-order valence-corrected chi connectivity index (χ1v) is 9.76. The number of carboxylic acid groups (broad SMARTS) is 1. The second kappa shape index (κ2) is 6.82. The number of nitrogens with zero attached hydrogens (tertiary/aromatic N) is 1. The molecule has 1 aromatic heterocycles. The van der Waals surface area contributed by atoms with Crippen LogP contribution in [0.25, 0.3) is 0 Å². The van der Waals surface area contributed by atoms with Crippen molar-refractivity contribution in [3.05, 3.63) is 50.2 Å². The molecule has 0 atom stereocenters. The van der Waals surface area contributed by atoms with Gasteiger partial charge in [0, 0.05) is 17.7 Å². The molecule has 0 bridgehead atoms. The molecule has 0 unspecified atom stereocenters. The van der Waals surface area contributed by atoms with Crippen LogP contribution in [-0.4, -0.2) is 33.9 Å². The van der Waals surface area contributed by atoms with Crippen LogP contribution in [0.3, 0.4) is 0 Å². The molecule has 130 valence electrons. The normalized spacial score (nSPS) is 17.2. The number of thiophene rings is 1. The number of thioether (sulfide) groups is 1. The summed E-state index contributed by atoms with van der Waals surface area (Å²) in [5, 5.41) is 19.5. The highest BCUT2D eigenvalue weighted by Gasteiger charge is 2.35. The minimum absolute atomic E-state index is 0.0110. The van der Waals surface area contributed by atoms with E-state index in [4.69, 9.17) is 16.7 Å². The van der Waals surface area contributed by atoms with Crippen molar-refractivity contribution in [2.24, 2.45) is 4.99 Å². The summed E-state index contributed by atoms with van der Waals surface area (Å²) in [6.07, 6.45) is 1.82. The molecule has 25 heavy (non-hydrogen) atoms. The number of aliphatic hydroxyl groups excluding tert-OH is 1. The van der Waals surface area contributed by atoms with Gasteiger partial charge in [-0.2, -0.15) is 0 Å². The van der Waals surface area contributed by atoms with E-state index in [1.807, 2.05) is 12.3 Å². The molecule has 3 rings (SSSR count). The van der Waals surface area contributed by atoms with Crippen molar-refractivity contribution < 1.29 is 19.8 Å². The lowest BCUT2D eigenvalue weighted by Gasteiger charge is -2.19. The number of carboxylic acids is 1. The number of aliphatic hydroxyl groups is 1. The lowest BCUT2D eigenvalue weighted by atomic mass is 9.88. The van der Waals surface area contributed by atoms with Gasteiger partial charge in [0.2, 0.25) is 5.78 Å². The third-order valence-corrected chi connectivity index (χ3v) is 6.53. The number of allylic oxidation sites excluding steroid dienone is 4. The number of hydrogen-bond acceptors (Lipinski definition) is 6. The Labute approximate surface area is 157 Å². The van der Waals surface area contributed by atoms with Gasteiger partial charge in [0.05, 0.1) is 31.8 Å². The summed E-state index contributed by atoms with van der Waals surface area (Å²) in [6, 6.07) is 3.58. The van der Waals surface area contributed by atoms with E-state index in [1.165, 1.54) is 11.3 Å². The van der Waals surface area contributed by atoms with E-state index in [2.05, 4.69) is 4.99 Å². The number of halogens is 1. The molecule has 0 saturated carbocycles. The third kappa shape index (κ3) is 3.19. The fourth-order valence-electron chi connectivity index (χ4n) is 2.83. The molecule has 0 spiro atoms. The standard InChI is InChI=1S/C17H14ClNO4S2/c1-7-8(6-12(20)21)14-10(19-7)5-9(17(23)15(14)18)16(22)11-3-4-13(24-2)25-11/h3-4,23H,5-6H2,1-2H3,(H,20,21). The molecule has 0 aromatic carbocycles. The first-order valence-electron chi connectivity index (χ1n) is 7.34. The Balaban J connectivity index is 2.01. The minimum Gasteiger partial charge on any atom is -0.506 e. The monoisotopic (exact) mass is 395 g/mol. The van der Waals surface area contributed by atoms with Crippen LogP contribution in [0.2, 0.25) is 0 Å². The van der Waals surface area contributed by atoms with E-state index in [9.17, 15) is 14.7 Å². The molecule has 1 aliphatic heterocycles. The number of aliphatic imine (C=N–C) groups is 1. The second-order valence-corrected chi connectivity index (χ2v) is 8.11. The Morgan fingerprint density at radius 1 is 1.40 bits per heavy atom. The van der Waals surface area contributed by atoms with Gasteiger partial charge in [0.15, 0.2) is 0 Å². The molecular formula is C17H14ClNO4S2. The van der Waals surface area contributed by atoms with Crippen molar-refractivity contribution in [1.29, 1.82) is 0 Å². The molecule has 8 heteroatoms. The molecule has 0 saturated heterocycles. The predicted molar refractivity (Wildman–Crippen MR) is 100.0 cm³/mol. The van der Waals surface area contributed by atoms with Crippen LogP contribution < -0.4 is 0 Å². The minimum atomic E-state index is -1.00. The summed E-state index contributed by atoms with van der Waals surface area (Å²) in [5.41, 5.74) is 2.18. The van der Waals surface area contributed by atoms with Gasteiger partial charge in [0.1, 0.15) is 5.76 Å². The maximum Gasteiger partial charge on any atom is 0.307 e. The van der Waals surface area contributed by atoms with Gasteiger partial charge >= 0.3 is 5.97 Å². The highest BCUT2D eigenvalue weighted by Crippen LogP contribution is 2.41. The van der Waals surface area contributed by atoms with Gasteiger partial charge in [-0.05, 0) is 30.9 Å². The fourth-order valence-corrected chi connectivity index (χ4v) is 4.67. The quantitative estimate of drug-likeness (QED) is 0.563. The highest BCUT2D eigenvalue weighted by molar-refractivity contribution is 8.00. The number of fused-ring (bicyclic) bond motifs is 1. The number of ketones is 1. The van der Waals surface area contributed by atoms with Crippen molar-refractivity contribution >= 4 is 52.2 Å². The average Bonchev–Trinajstić information content (AvgIpc) is 3.15. The second-order valence-electron chi connectivity index (χ2n) is 5.54. The third-order valence-electron chi connectivity index (χ3n) is 4.00. The van der Waals surface area contributed by atoms with Crippen molar-refractivity contribution in [2.75, 3.05) is 6.26 Å². The Kier molecular flexibility index (Phi) is 4.90. The Morgan fingerprint density at radius 3 is 2.72 bits per heavy atom. The zero-order valence-corrected chi connectivity index (χ0v) is 15.8. The number of rotatable bonds is 5.